The lowest BCUT2D eigenvalue weighted by atomic mass is 10.1. The van der Waals surface area contributed by atoms with Gasteiger partial charge in [-0.25, -0.2) is 0 Å². The minimum absolute atomic E-state index is 0.0634. The lowest BCUT2D eigenvalue weighted by Gasteiger charge is -2.15. The van der Waals surface area contributed by atoms with E-state index in [1.165, 1.54) is 0 Å². The molecule has 0 aliphatic heterocycles. The Bertz CT molecular complexity index is 410. The number of halogens is 5. The molecule has 0 radical (unpaired) electrons. The Labute approximate surface area is 126 Å². The molecule has 19 heavy (non-hydrogen) atoms. The molecule has 0 aliphatic rings. The number of hydrogen-bond donors (Lipinski definition) is 0. The quantitative estimate of drug-likeness (QED) is 0.629. The van der Waals surface area contributed by atoms with Gasteiger partial charge in [0.2, 0.25) is 0 Å². The van der Waals surface area contributed by atoms with Crippen LogP contribution in [0.1, 0.15) is 17.3 Å². The summed E-state index contributed by atoms with van der Waals surface area (Å²) >= 11 is 6.67. The molecule has 1 rings (SSSR count). The third-order valence-electron chi connectivity index (χ3n) is 2.15. The van der Waals surface area contributed by atoms with Gasteiger partial charge in [0.05, 0.1) is 18.0 Å². The Kier molecular flexibility index (Phi) is 6.62. The molecule has 7 heteroatoms. The van der Waals surface area contributed by atoms with Crippen molar-refractivity contribution in [2.75, 3.05) is 19.8 Å². The summed E-state index contributed by atoms with van der Waals surface area (Å²) in [6.45, 7) is 1.12. The fourth-order valence-corrected chi connectivity index (χ4v) is 2.91. The summed E-state index contributed by atoms with van der Waals surface area (Å²) in [7, 11) is 0. The van der Waals surface area contributed by atoms with Gasteiger partial charge in [-0.05, 0) is 24.6 Å². The molecule has 0 fully saturated rings. The van der Waals surface area contributed by atoms with E-state index >= 15 is 0 Å². The van der Waals surface area contributed by atoms with E-state index in [1.807, 2.05) is 6.92 Å². The van der Waals surface area contributed by atoms with Crippen molar-refractivity contribution in [2.24, 2.45) is 0 Å². The molecule has 1 aromatic carbocycles. The number of rotatable bonds is 6. The van der Waals surface area contributed by atoms with Gasteiger partial charge < -0.3 is 9.47 Å². The van der Waals surface area contributed by atoms with Crippen LogP contribution in [0.15, 0.2) is 22.7 Å². The van der Waals surface area contributed by atoms with E-state index in [9.17, 15) is 13.2 Å². The van der Waals surface area contributed by atoms with Crippen LogP contribution in [0.4, 0.5) is 13.2 Å². The number of ether oxygens (including phenoxy) is 2. The molecule has 1 aromatic rings. The van der Waals surface area contributed by atoms with Crippen molar-refractivity contribution in [3.63, 3.8) is 0 Å². The molecular formula is C12H13Br2F3O2. The number of alkyl halides is 4. The molecule has 0 bridgehead atoms. The van der Waals surface area contributed by atoms with Crippen molar-refractivity contribution >= 4 is 31.9 Å². The maximum Gasteiger partial charge on any atom is 0.411 e. The third-order valence-corrected chi connectivity index (χ3v) is 3.59. The van der Waals surface area contributed by atoms with Crippen LogP contribution in [-0.2, 0) is 4.74 Å². The molecule has 1 atom stereocenters. The summed E-state index contributed by atoms with van der Waals surface area (Å²) in [6, 6.07) is 5.32. The molecule has 0 saturated heterocycles. The topological polar surface area (TPSA) is 18.5 Å². The first-order valence-electron chi connectivity index (χ1n) is 5.54. The smallest absolute Gasteiger partial charge is 0.411 e. The van der Waals surface area contributed by atoms with Crippen LogP contribution in [0.25, 0.3) is 0 Å². The summed E-state index contributed by atoms with van der Waals surface area (Å²) < 4.78 is 46.6. The van der Waals surface area contributed by atoms with Gasteiger partial charge in [0.1, 0.15) is 12.4 Å². The molecule has 2 nitrogen and oxygen atoms in total. The van der Waals surface area contributed by atoms with Gasteiger partial charge in [0, 0.05) is 4.47 Å². The highest BCUT2D eigenvalue weighted by Crippen LogP contribution is 2.33. The van der Waals surface area contributed by atoms with Crippen LogP contribution in [0, 0.1) is 0 Å². The Morgan fingerprint density at radius 2 is 2.00 bits per heavy atom. The second-order valence-electron chi connectivity index (χ2n) is 3.71. The van der Waals surface area contributed by atoms with Gasteiger partial charge in [0.15, 0.2) is 0 Å². The number of hydrogen-bond acceptors (Lipinski definition) is 2. The highest BCUT2D eigenvalue weighted by molar-refractivity contribution is 9.11. The Hall–Kier alpha value is -0.270. The first-order valence-corrected chi connectivity index (χ1v) is 7.25. The number of benzene rings is 1. The van der Waals surface area contributed by atoms with Gasteiger partial charge in [-0.3, -0.25) is 0 Å². The highest BCUT2D eigenvalue weighted by atomic mass is 79.9. The van der Waals surface area contributed by atoms with Crippen molar-refractivity contribution in [1.29, 1.82) is 0 Å². The largest absolute Gasteiger partial charge is 0.494 e. The molecule has 0 aromatic heterocycles. The zero-order valence-electron chi connectivity index (χ0n) is 10.1. The van der Waals surface area contributed by atoms with E-state index in [-0.39, 0.29) is 11.4 Å². The fraction of sp³-hybridized carbons (Fsp3) is 0.500. The normalized spacial score (nSPS) is 13.4. The van der Waals surface area contributed by atoms with Crippen molar-refractivity contribution in [3.8, 4) is 5.75 Å². The summed E-state index contributed by atoms with van der Waals surface area (Å²) in [5.41, 5.74) is 0.811. The Balaban J connectivity index is 2.59. The molecule has 108 valence electrons. The van der Waals surface area contributed by atoms with E-state index in [2.05, 4.69) is 36.6 Å². The Morgan fingerprint density at radius 3 is 2.53 bits per heavy atom. The standard InChI is InChI=1S/C12H13Br2F3O2/c1-2-19-8-3-4-9(10(13)5-8)11(14)6-18-7-12(15,16)17/h3-5,11H,2,6-7H2,1H3. The van der Waals surface area contributed by atoms with Gasteiger partial charge in [0.25, 0.3) is 0 Å². The van der Waals surface area contributed by atoms with Gasteiger partial charge >= 0.3 is 6.18 Å². The Morgan fingerprint density at radius 1 is 1.32 bits per heavy atom. The summed E-state index contributed by atoms with van der Waals surface area (Å²) in [4.78, 5) is -0.320. The third kappa shape index (κ3) is 6.14. The monoisotopic (exact) mass is 404 g/mol. The second kappa shape index (κ2) is 7.50. The molecule has 0 heterocycles. The van der Waals surface area contributed by atoms with E-state index in [0.717, 1.165) is 10.0 Å². The van der Waals surface area contributed by atoms with Crippen LogP contribution in [-0.4, -0.2) is 26.0 Å². The van der Waals surface area contributed by atoms with Crippen LogP contribution >= 0.6 is 31.9 Å². The van der Waals surface area contributed by atoms with Gasteiger partial charge in [-0.2, -0.15) is 13.2 Å². The second-order valence-corrected chi connectivity index (χ2v) is 5.67. The first kappa shape index (κ1) is 16.8. The first-order chi connectivity index (χ1) is 8.83. The molecule has 0 spiro atoms. The summed E-state index contributed by atoms with van der Waals surface area (Å²) in [6.07, 6.45) is -4.30. The predicted octanol–water partition coefficient (Wildman–Crippen LogP) is 4.86. The lowest BCUT2D eigenvalue weighted by Crippen LogP contribution is -2.18. The SMILES string of the molecule is CCOc1ccc(C(Br)COCC(F)(F)F)c(Br)c1. The lowest BCUT2D eigenvalue weighted by molar-refractivity contribution is -0.173. The molecular weight excluding hydrogens is 393 g/mol. The van der Waals surface area contributed by atoms with Crippen molar-refractivity contribution < 1.29 is 22.6 Å². The van der Waals surface area contributed by atoms with Crippen molar-refractivity contribution in [1.82, 2.24) is 0 Å². The van der Waals surface area contributed by atoms with E-state index < -0.39 is 12.8 Å². The predicted molar refractivity (Wildman–Crippen MR) is 73.9 cm³/mol. The van der Waals surface area contributed by atoms with Crippen molar-refractivity contribution in [2.45, 2.75) is 17.9 Å². The average Bonchev–Trinajstić information content (AvgIpc) is 2.27. The molecule has 0 amide bonds. The minimum atomic E-state index is -4.30. The van der Waals surface area contributed by atoms with Gasteiger partial charge in [-0.1, -0.05) is 37.9 Å². The molecule has 0 aliphatic carbocycles. The van der Waals surface area contributed by atoms with E-state index in [4.69, 9.17) is 4.74 Å². The molecule has 1 unspecified atom stereocenters. The highest BCUT2D eigenvalue weighted by Gasteiger charge is 2.28. The van der Waals surface area contributed by atoms with Crippen molar-refractivity contribution in [3.05, 3.63) is 28.2 Å². The minimum Gasteiger partial charge on any atom is -0.494 e. The molecule has 0 saturated carbocycles. The fourth-order valence-electron chi connectivity index (χ4n) is 1.39. The maximum absolute atomic E-state index is 12.0. The summed E-state index contributed by atoms with van der Waals surface area (Å²) in [5, 5.41) is 0. The van der Waals surface area contributed by atoms with Crippen LogP contribution < -0.4 is 4.74 Å². The molecule has 0 N–H and O–H groups in total. The zero-order valence-corrected chi connectivity index (χ0v) is 13.3. The average molecular weight is 406 g/mol. The maximum atomic E-state index is 12.0. The summed E-state index contributed by atoms with van der Waals surface area (Å²) in [5.74, 6) is 0.703. The van der Waals surface area contributed by atoms with Crippen LogP contribution in [0.2, 0.25) is 0 Å². The van der Waals surface area contributed by atoms with Gasteiger partial charge in [-0.15, -0.1) is 0 Å². The van der Waals surface area contributed by atoms with E-state index in [0.29, 0.717) is 12.4 Å². The van der Waals surface area contributed by atoms with Crippen LogP contribution in [0.5, 0.6) is 5.75 Å². The van der Waals surface area contributed by atoms with E-state index in [1.54, 1.807) is 18.2 Å². The zero-order chi connectivity index (χ0) is 14.5. The van der Waals surface area contributed by atoms with Crippen LogP contribution in [0.3, 0.4) is 0 Å².